The number of hydrogen-bond donors (Lipinski definition) is 1. The van der Waals surface area contributed by atoms with E-state index in [1.54, 1.807) is 54.6 Å². The van der Waals surface area contributed by atoms with Crippen molar-refractivity contribution in [2.75, 3.05) is 20.3 Å². The van der Waals surface area contributed by atoms with Crippen LogP contribution in [0.15, 0.2) is 54.6 Å². The van der Waals surface area contributed by atoms with Crippen molar-refractivity contribution in [2.24, 2.45) is 5.92 Å². The molecule has 3 rings (SSSR count). The van der Waals surface area contributed by atoms with Crippen molar-refractivity contribution < 1.29 is 28.7 Å². The Morgan fingerprint density at radius 2 is 1.72 bits per heavy atom. The van der Waals surface area contributed by atoms with Crippen LogP contribution in [0.3, 0.4) is 0 Å². The minimum absolute atomic E-state index is 0.00698. The van der Waals surface area contributed by atoms with Crippen LogP contribution in [0.5, 0.6) is 5.75 Å². The maximum atomic E-state index is 12.2. The Morgan fingerprint density at radius 1 is 1.03 bits per heavy atom. The summed E-state index contributed by atoms with van der Waals surface area (Å²) in [5.74, 6) is -1.99. The number of amides is 2. The standard InChI is InChI=1S/C21H20N2O6/c1-28-17-9-7-14(8-10-17)18(24)13-29-21(27)16-11-19(25)23(12-16)22-20(26)15-5-3-2-4-6-15/h2-10,16H,11-13H2,1H3,(H,22,26). The second kappa shape index (κ2) is 9.01. The molecule has 2 aromatic carbocycles. The van der Waals surface area contributed by atoms with Crippen LogP contribution < -0.4 is 10.2 Å². The summed E-state index contributed by atoms with van der Waals surface area (Å²) in [5, 5.41) is 1.10. The summed E-state index contributed by atoms with van der Waals surface area (Å²) in [6.07, 6.45) is -0.0926. The first kappa shape index (κ1) is 20.1. The first-order valence-electron chi connectivity index (χ1n) is 8.98. The number of carbonyl (C=O) groups is 4. The van der Waals surface area contributed by atoms with Crippen LogP contribution in [0, 0.1) is 5.92 Å². The number of hydrogen-bond acceptors (Lipinski definition) is 6. The van der Waals surface area contributed by atoms with Gasteiger partial charge in [-0.2, -0.15) is 0 Å². The zero-order valence-corrected chi connectivity index (χ0v) is 15.8. The Labute approximate surface area is 167 Å². The molecule has 2 amide bonds. The highest BCUT2D eigenvalue weighted by Crippen LogP contribution is 2.18. The molecule has 0 saturated carbocycles. The highest BCUT2D eigenvalue weighted by molar-refractivity contribution is 5.99. The number of hydrazine groups is 1. The lowest BCUT2D eigenvalue weighted by Crippen LogP contribution is -2.43. The van der Waals surface area contributed by atoms with E-state index in [4.69, 9.17) is 9.47 Å². The molecule has 1 fully saturated rings. The molecule has 150 valence electrons. The number of benzene rings is 2. The third kappa shape index (κ3) is 4.98. The van der Waals surface area contributed by atoms with Crippen LogP contribution >= 0.6 is 0 Å². The Morgan fingerprint density at radius 3 is 2.38 bits per heavy atom. The molecule has 1 N–H and O–H groups in total. The van der Waals surface area contributed by atoms with Crippen molar-refractivity contribution in [2.45, 2.75) is 6.42 Å². The van der Waals surface area contributed by atoms with Gasteiger partial charge in [0.05, 0.1) is 19.6 Å². The molecular formula is C21H20N2O6. The number of nitrogens with zero attached hydrogens (tertiary/aromatic N) is 1. The number of methoxy groups -OCH3 is 1. The van der Waals surface area contributed by atoms with Gasteiger partial charge in [-0.25, -0.2) is 0 Å². The molecule has 0 aliphatic carbocycles. The summed E-state index contributed by atoms with van der Waals surface area (Å²) < 4.78 is 10.1. The number of nitrogens with one attached hydrogen (secondary N) is 1. The molecule has 29 heavy (non-hydrogen) atoms. The largest absolute Gasteiger partial charge is 0.497 e. The van der Waals surface area contributed by atoms with Crippen LogP contribution in [0.1, 0.15) is 27.1 Å². The van der Waals surface area contributed by atoms with Gasteiger partial charge in [0.2, 0.25) is 5.91 Å². The predicted octanol–water partition coefficient (Wildman–Crippen LogP) is 1.61. The van der Waals surface area contributed by atoms with Gasteiger partial charge >= 0.3 is 5.97 Å². The molecule has 0 radical (unpaired) electrons. The Bertz CT molecular complexity index is 911. The van der Waals surface area contributed by atoms with Crippen LogP contribution in [0.4, 0.5) is 0 Å². The van der Waals surface area contributed by atoms with E-state index in [2.05, 4.69) is 5.43 Å². The van der Waals surface area contributed by atoms with Gasteiger partial charge in [-0.3, -0.25) is 29.6 Å². The van der Waals surface area contributed by atoms with E-state index in [-0.39, 0.29) is 18.7 Å². The smallest absolute Gasteiger partial charge is 0.311 e. The summed E-state index contributed by atoms with van der Waals surface area (Å²) in [5.41, 5.74) is 3.28. The number of esters is 1. The van der Waals surface area contributed by atoms with Gasteiger partial charge in [0.15, 0.2) is 12.4 Å². The number of ether oxygens (including phenoxy) is 2. The van der Waals surface area contributed by atoms with Gasteiger partial charge in [-0.1, -0.05) is 18.2 Å². The van der Waals surface area contributed by atoms with E-state index in [1.807, 2.05) is 0 Å². The topological polar surface area (TPSA) is 102 Å². The minimum atomic E-state index is -0.748. The van der Waals surface area contributed by atoms with Crippen LogP contribution in [-0.2, 0) is 14.3 Å². The Hall–Kier alpha value is -3.68. The molecule has 1 heterocycles. The van der Waals surface area contributed by atoms with Crippen molar-refractivity contribution in [1.82, 2.24) is 10.4 Å². The number of Topliss-reactive ketones (excluding diaryl/α,β-unsaturated/α-hetero) is 1. The van der Waals surface area contributed by atoms with Crippen molar-refractivity contribution in [3.05, 3.63) is 65.7 Å². The maximum absolute atomic E-state index is 12.2. The van der Waals surface area contributed by atoms with Crippen LogP contribution in [0.2, 0.25) is 0 Å². The van der Waals surface area contributed by atoms with Crippen LogP contribution in [-0.4, -0.2) is 48.8 Å². The normalized spacial score (nSPS) is 15.7. The lowest BCUT2D eigenvalue weighted by molar-refractivity contribution is -0.147. The predicted molar refractivity (Wildman–Crippen MR) is 102 cm³/mol. The second-order valence-electron chi connectivity index (χ2n) is 6.47. The summed E-state index contributed by atoms with van der Waals surface area (Å²) in [7, 11) is 1.52. The average Bonchev–Trinajstić information content (AvgIpc) is 3.12. The third-order valence-corrected chi connectivity index (χ3v) is 4.49. The molecule has 2 aromatic rings. The number of carbonyl (C=O) groups excluding carboxylic acids is 4. The highest BCUT2D eigenvalue weighted by atomic mass is 16.5. The first-order valence-corrected chi connectivity index (χ1v) is 8.98. The molecule has 1 saturated heterocycles. The summed E-state index contributed by atoms with van der Waals surface area (Å²) in [4.78, 5) is 48.7. The molecule has 1 aliphatic heterocycles. The monoisotopic (exact) mass is 396 g/mol. The van der Waals surface area contributed by atoms with Gasteiger partial charge in [-0.05, 0) is 36.4 Å². The van der Waals surface area contributed by atoms with Gasteiger partial charge in [0, 0.05) is 17.5 Å². The molecule has 8 nitrogen and oxygen atoms in total. The number of ketones is 1. The highest BCUT2D eigenvalue weighted by Gasteiger charge is 2.36. The molecule has 8 heteroatoms. The molecule has 0 spiro atoms. The quantitative estimate of drug-likeness (QED) is 0.564. The second-order valence-corrected chi connectivity index (χ2v) is 6.47. The summed E-state index contributed by atoms with van der Waals surface area (Å²) in [6, 6.07) is 14.9. The van der Waals surface area contributed by atoms with Crippen molar-refractivity contribution in [1.29, 1.82) is 0 Å². The molecular weight excluding hydrogens is 376 g/mol. The van der Waals surface area contributed by atoms with Crippen molar-refractivity contribution >= 4 is 23.6 Å². The van der Waals surface area contributed by atoms with E-state index in [0.29, 0.717) is 16.9 Å². The van der Waals surface area contributed by atoms with E-state index in [0.717, 1.165) is 5.01 Å². The Kier molecular flexibility index (Phi) is 6.23. The maximum Gasteiger partial charge on any atom is 0.311 e. The first-order chi connectivity index (χ1) is 14.0. The molecule has 0 bridgehead atoms. The molecule has 1 unspecified atom stereocenters. The van der Waals surface area contributed by atoms with E-state index < -0.39 is 30.3 Å². The van der Waals surface area contributed by atoms with E-state index in [9.17, 15) is 19.2 Å². The van der Waals surface area contributed by atoms with Crippen LogP contribution in [0.25, 0.3) is 0 Å². The fourth-order valence-corrected chi connectivity index (χ4v) is 2.87. The molecule has 0 aromatic heterocycles. The minimum Gasteiger partial charge on any atom is -0.497 e. The average molecular weight is 396 g/mol. The van der Waals surface area contributed by atoms with Gasteiger partial charge in [0.1, 0.15) is 5.75 Å². The summed E-state index contributed by atoms with van der Waals surface area (Å²) >= 11 is 0. The lowest BCUT2D eigenvalue weighted by Gasteiger charge is -2.17. The zero-order valence-electron chi connectivity index (χ0n) is 15.8. The van der Waals surface area contributed by atoms with Gasteiger partial charge in [-0.15, -0.1) is 0 Å². The van der Waals surface area contributed by atoms with Gasteiger partial charge < -0.3 is 9.47 Å². The van der Waals surface area contributed by atoms with Crippen molar-refractivity contribution in [3.63, 3.8) is 0 Å². The van der Waals surface area contributed by atoms with Gasteiger partial charge in [0.25, 0.3) is 5.91 Å². The van der Waals surface area contributed by atoms with E-state index in [1.165, 1.54) is 7.11 Å². The number of rotatable bonds is 7. The van der Waals surface area contributed by atoms with Crippen molar-refractivity contribution in [3.8, 4) is 5.75 Å². The molecule has 1 atom stereocenters. The summed E-state index contributed by atoms with van der Waals surface area (Å²) in [6.45, 7) is -0.431. The molecule has 1 aliphatic rings. The lowest BCUT2D eigenvalue weighted by atomic mass is 10.1. The SMILES string of the molecule is COc1ccc(C(=O)COC(=O)C2CC(=O)N(NC(=O)c3ccccc3)C2)cc1. The fourth-order valence-electron chi connectivity index (χ4n) is 2.87. The van der Waals surface area contributed by atoms with E-state index >= 15 is 0 Å². The third-order valence-electron chi connectivity index (χ3n) is 4.49. The fraction of sp³-hybridized carbons (Fsp3) is 0.238. The Balaban J connectivity index is 1.50. The zero-order chi connectivity index (χ0) is 20.8.